The molecule has 1 aliphatic heterocycles. The number of carbonyl (C=O) groups excluding carboxylic acids is 1. The van der Waals surface area contributed by atoms with E-state index in [1.54, 1.807) is 6.92 Å². The average molecular weight is 472 g/mol. The molecule has 3 rings (SSSR count). The molecule has 0 bridgehead atoms. The van der Waals surface area contributed by atoms with Crippen LogP contribution in [0.5, 0.6) is 5.75 Å². The minimum atomic E-state index is -0.716. The molecule has 7 nitrogen and oxygen atoms in total. The zero-order chi connectivity index (χ0) is 24.7. The number of hydrogen-bond acceptors (Lipinski definition) is 6. The first-order valence-electron chi connectivity index (χ1n) is 12.2. The van der Waals surface area contributed by atoms with Crippen LogP contribution in [-0.2, 0) is 30.2 Å². The van der Waals surface area contributed by atoms with Gasteiger partial charge in [0, 0.05) is 42.9 Å². The molecule has 186 valence electrons. The van der Waals surface area contributed by atoms with Gasteiger partial charge in [-0.25, -0.2) is 6.57 Å². The third kappa shape index (κ3) is 6.38. The van der Waals surface area contributed by atoms with E-state index in [1.165, 1.54) is 12.7 Å². The Balaban J connectivity index is 1.80. The minimum absolute atomic E-state index is 0.00178. The highest BCUT2D eigenvalue weighted by Gasteiger charge is 2.50. The molecule has 1 heterocycles. The number of ether oxygens (including phenoxy) is 5. The van der Waals surface area contributed by atoms with Crippen LogP contribution in [0.4, 0.5) is 0 Å². The normalized spacial score (nSPS) is 25.0. The second-order valence-electron chi connectivity index (χ2n) is 9.05. The summed E-state index contributed by atoms with van der Waals surface area (Å²) in [5, 5.41) is 0. The zero-order valence-corrected chi connectivity index (χ0v) is 20.9. The van der Waals surface area contributed by atoms with Crippen LogP contribution in [0.3, 0.4) is 0 Å². The van der Waals surface area contributed by atoms with E-state index in [1.807, 2.05) is 26.8 Å². The third-order valence-electron chi connectivity index (χ3n) is 6.32. The highest BCUT2D eigenvalue weighted by atomic mass is 16.7. The van der Waals surface area contributed by atoms with E-state index in [-0.39, 0.29) is 36.1 Å². The average Bonchev–Trinajstić information content (AvgIpc) is 3.32. The Kier molecular flexibility index (Phi) is 9.52. The number of methoxy groups -OCH3 is 1. The number of aryl methyl sites for hydroxylation is 1. The molecule has 0 radical (unpaired) electrons. The van der Waals surface area contributed by atoms with Crippen LogP contribution in [0, 0.1) is 12.5 Å². The van der Waals surface area contributed by atoms with Crippen LogP contribution in [0.25, 0.3) is 4.85 Å². The summed E-state index contributed by atoms with van der Waals surface area (Å²) in [6.07, 6.45) is 5.49. The topological polar surface area (TPSA) is 67.6 Å². The van der Waals surface area contributed by atoms with Crippen molar-refractivity contribution >= 4 is 5.97 Å². The smallest absolute Gasteiger partial charge is 0.349 e. The van der Waals surface area contributed by atoms with Crippen molar-refractivity contribution < 1.29 is 28.5 Å². The Morgan fingerprint density at radius 3 is 2.79 bits per heavy atom. The molecule has 0 saturated heterocycles. The van der Waals surface area contributed by atoms with Crippen molar-refractivity contribution in [2.45, 2.75) is 90.1 Å². The number of carbonyl (C=O) groups is 1. The highest BCUT2D eigenvalue weighted by molar-refractivity contribution is 5.69. The maximum absolute atomic E-state index is 11.5. The number of esters is 1. The van der Waals surface area contributed by atoms with Gasteiger partial charge >= 0.3 is 12.2 Å². The molecule has 34 heavy (non-hydrogen) atoms. The first-order valence-corrected chi connectivity index (χ1v) is 12.2. The van der Waals surface area contributed by atoms with Crippen LogP contribution in [0.15, 0.2) is 30.4 Å². The quantitative estimate of drug-likeness (QED) is 0.184. The molecule has 1 aromatic carbocycles. The highest BCUT2D eigenvalue weighted by Crippen LogP contribution is 2.53. The van der Waals surface area contributed by atoms with Gasteiger partial charge in [0.2, 0.25) is 0 Å². The molecule has 6 atom stereocenters. The number of nitrogens with zero attached hydrogens (tertiary/aromatic N) is 1. The number of hydrogen-bond donors (Lipinski definition) is 0. The Morgan fingerprint density at radius 1 is 1.32 bits per heavy atom. The molecule has 1 saturated carbocycles. The van der Waals surface area contributed by atoms with Gasteiger partial charge in [-0.2, -0.15) is 0 Å². The number of benzene rings is 1. The second-order valence-corrected chi connectivity index (χ2v) is 9.05. The van der Waals surface area contributed by atoms with Crippen molar-refractivity contribution in [1.82, 2.24) is 0 Å². The van der Waals surface area contributed by atoms with Crippen molar-refractivity contribution in [3.05, 3.63) is 52.9 Å². The first kappa shape index (κ1) is 26.2. The first-order chi connectivity index (χ1) is 16.4. The molecule has 0 amide bonds. The molecule has 0 spiro atoms. The van der Waals surface area contributed by atoms with E-state index >= 15 is 0 Å². The molecule has 1 aliphatic carbocycles. The Morgan fingerprint density at radius 2 is 2.12 bits per heavy atom. The molecular weight excluding hydrogens is 434 g/mol. The molecule has 0 N–H and O–H groups in total. The van der Waals surface area contributed by atoms with Gasteiger partial charge in [-0.15, -0.1) is 0 Å². The lowest BCUT2D eigenvalue weighted by Crippen LogP contribution is -2.24. The van der Waals surface area contributed by atoms with Crippen LogP contribution >= 0.6 is 0 Å². The van der Waals surface area contributed by atoms with E-state index in [0.717, 1.165) is 24.2 Å². The van der Waals surface area contributed by atoms with Crippen molar-refractivity contribution in [2.75, 3.05) is 13.7 Å². The van der Waals surface area contributed by atoms with Crippen LogP contribution in [-0.4, -0.2) is 50.5 Å². The maximum Gasteiger partial charge on any atom is 0.349 e. The predicted octanol–water partition coefficient (Wildman–Crippen LogP) is 5.04. The molecule has 1 fully saturated rings. The summed E-state index contributed by atoms with van der Waals surface area (Å²) in [6, 6.07) is 6.26. The lowest BCUT2D eigenvalue weighted by Gasteiger charge is -2.23. The van der Waals surface area contributed by atoms with Gasteiger partial charge in [0.05, 0.1) is 19.3 Å². The number of para-hydroxylation sites is 1. The largest absolute Gasteiger partial charge is 0.489 e. The van der Waals surface area contributed by atoms with Gasteiger partial charge in [-0.1, -0.05) is 24.3 Å². The fourth-order valence-corrected chi connectivity index (χ4v) is 4.98. The Bertz CT molecular complexity index is 892. The second kappa shape index (κ2) is 12.3. The van der Waals surface area contributed by atoms with Gasteiger partial charge in [0.25, 0.3) is 0 Å². The lowest BCUT2D eigenvalue weighted by atomic mass is 9.86. The van der Waals surface area contributed by atoms with Crippen LogP contribution in [0.1, 0.15) is 64.0 Å². The fraction of sp³-hybridized carbons (Fsp3) is 0.630. The predicted molar refractivity (Wildman–Crippen MR) is 128 cm³/mol. The summed E-state index contributed by atoms with van der Waals surface area (Å²) in [7, 11) is 1.41. The number of fused-ring (bicyclic) bond motifs is 3. The van der Waals surface area contributed by atoms with Crippen molar-refractivity contribution in [3.63, 3.8) is 0 Å². The van der Waals surface area contributed by atoms with Crippen molar-refractivity contribution in [3.8, 4) is 5.75 Å². The van der Waals surface area contributed by atoms with Gasteiger partial charge in [-0.05, 0) is 46.1 Å². The van der Waals surface area contributed by atoms with E-state index in [0.29, 0.717) is 19.4 Å². The fourth-order valence-electron chi connectivity index (χ4n) is 4.98. The molecular formula is C27H37NO6. The van der Waals surface area contributed by atoms with Crippen molar-refractivity contribution in [1.29, 1.82) is 0 Å². The summed E-state index contributed by atoms with van der Waals surface area (Å²) in [5.41, 5.74) is 2.29. The van der Waals surface area contributed by atoms with E-state index < -0.39 is 12.5 Å². The Hall–Kier alpha value is -2.40. The minimum Gasteiger partial charge on any atom is -0.489 e. The molecule has 2 aliphatic rings. The monoisotopic (exact) mass is 471 g/mol. The van der Waals surface area contributed by atoms with Crippen LogP contribution < -0.4 is 4.74 Å². The van der Waals surface area contributed by atoms with Crippen LogP contribution in [0.2, 0.25) is 0 Å². The molecule has 0 aromatic heterocycles. The lowest BCUT2D eigenvalue weighted by molar-refractivity contribution is -0.140. The van der Waals surface area contributed by atoms with Gasteiger partial charge in [0.15, 0.2) is 6.29 Å². The zero-order valence-electron chi connectivity index (χ0n) is 20.9. The Labute approximate surface area is 203 Å². The summed E-state index contributed by atoms with van der Waals surface area (Å²) >= 11 is 0. The summed E-state index contributed by atoms with van der Waals surface area (Å²) < 4.78 is 28.7. The van der Waals surface area contributed by atoms with Crippen molar-refractivity contribution in [2.24, 2.45) is 5.92 Å². The third-order valence-corrected chi connectivity index (χ3v) is 6.32. The standard InChI is InChI=1S/C27H37NO6/c1-7-31-18(4)33-24(28-5)15-14-20-22(32-17(2)3)16-23-26(20)21-12-8-10-19(27(21)34-23)11-9-13-25(29)30-6/h8,10,12,14-15,17-18,20,22-24,26H,7,9,11,13,16H2,1-4,6H3/b15-14+/t18?,20-,22+,23-,24?,26-/m0/s1. The van der Waals surface area contributed by atoms with E-state index in [2.05, 4.69) is 29.1 Å². The molecule has 7 heteroatoms. The summed E-state index contributed by atoms with van der Waals surface area (Å²) in [6.45, 7) is 15.8. The van der Waals surface area contributed by atoms with Gasteiger partial charge in [0.1, 0.15) is 11.9 Å². The maximum atomic E-state index is 11.5. The molecule has 1 aromatic rings. The SMILES string of the molecule is [C-]#[N+]C(/C=C/[C@@H]1[C@H]2c3cccc(CCCC(=O)OC)c3O[C@H]2C[C@H]1OC(C)C)OC(C)OCC. The van der Waals surface area contributed by atoms with E-state index in [9.17, 15) is 4.79 Å². The molecule has 2 unspecified atom stereocenters. The summed E-state index contributed by atoms with van der Waals surface area (Å²) in [4.78, 5) is 15.1. The van der Waals surface area contributed by atoms with E-state index in [4.69, 9.17) is 30.3 Å². The summed E-state index contributed by atoms with van der Waals surface area (Å²) in [5.74, 6) is 0.951. The van der Waals surface area contributed by atoms with Gasteiger partial charge in [-0.3, -0.25) is 14.4 Å². The number of rotatable bonds is 12. The van der Waals surface area contributed by atoms with Gasteiger partial charge < -0.3 is 18.9 Å².